The molecule has 2 atom stereocenters. The number of nitriles is 1. The summed E-state index contributed by atoms with van der Waals surface area (Å²) in [4.78, 5) is 25.3. The van der Waals surface area contributed by atoms with Gasteiger partial charge in [-0.05, 0) is 36.8 Å². The minimum Gasteiger partial charge on any atom is -0.380 e. The number of benzene rings is 2. The van der Waals surface area contributed by atoms with E-state index in [-0.39, 0.29) is 13.0 Å². The number of aryl methyl sites for hydroxylation is 1. The van der Waals surface area contributed by atoms with E-state index in [1.54, 1.807) is 24.3 Å². The zero-order valence-electron chi connectivity index (χ0n) is 15.4. The van der Waals surface area contributed by atoms with Crippen LogP contribution in [0.3, 0.4) is 0 Å². The third-order valence-corrected chi connectivity index (χ3v) is 4.69. The Bertz CT molecular complexity index is 903. The van der Waals surface area contributed by atoms with Crippen molar-refractivity contribution in [1.29, 1.82) is 5.26 Å². The van der Waals surface area contributed by atoms with E-state index in [1.807, 2.05) is 37.3 Å². The Kier molecular flexibility index (Phi) is 5.73. The Morgan fingerprint density at radius 2 is 1.96 bits per heavy atom. The lowest BCUT2D eigenvalue weighted by atomic mass is 9.86. The van der Waals surface area contributed by atoms with Gasteiger partial charge < -0.3 is 20.5 Å². The quantitative estimate of drug-likeness (QED) is 0.725. The fourth-order valence-electron chi connectivity index (χ4n) is 3.10. The number of carbonyl (C=O) groups excluding carboxylic acids is 2. The Morgan fingerprint density at radius 1 is 1.29 bits per heavy atom. The van der Waals surface area contributed by atoms with E-state index in [2.05, 4.69) is 10.6 Å². The number of amides is 2. The molecule has 2 aromatic carbocycles. The molecule has 0 aliphatic carbocycles. The van der Waals surface area contributed by atoms with Crippen LogP contribution in [0, 0.1) is 18.3 Å². The lowest BCUT2D eigenvalue weighted by Gasteiger charge is -2.39. The number of nitrogens with zero attached hydrogens (tertiary/aromatic N) is 1. The molecule has 144 valence electrons. The molecule has 1 aliphatic rings. The van der Waals surface area contributed by atoms with Gasteiger partial charge in [-0.15, -0.1) is 0 Å². The number of carbonyl (C=O) groups is 2. The van der Waals surface area contributed by atoms with Crippen LogP contribution in [0.5, 0.6) is 0 Å². The van der Waals surface area contributed by atoms with E-state index in [0.717, 1.165) is 11.1 Å². The maximum Gasteiger partial charge on any atom is 0.256 e. The summed E-state index contributed by atoms with van der Waals surface area (Å²) in [6, 6.07) is 15.7. The van der Waals surface area contributed by atoms with Crippen molar-refractivity contribution in [3.63, 3.8) is 0 Å². The van der Waals surface area contributed by atoms with Crippen LogP contribution in [0.4, 0.5) is 5.69 Å². The van der Waals surface area contributed by atoms with Crippen LogP contribution in [0.1, 0.15) is 16.7 Å². The molecule has 2 amide bonds. The van der Waals surface area contributed by atoms with Crippen molar-refractivity contribution in [3.8, 4) is 6.07 Å². The number of anilines is 1. The molecule has 28 heavy (non-hydrogen) atoms. The number of aliphatic hydroxyl groups is 1. The van der Waals surface area contributed by atoms with Gasteiger partial charge in [-0.25, -0.2) is 0 Å². The van der Waals surface area contributed by atoms with Crippen LogP contribution in [-0.4, -0.2) is 41.8 Å². The van der Waals surface area contributed by atoms with Gasteiger partial charge in [-0.1, -0.05) is 29.8 Å². The van der Waals surface area contributed by atoms with Crippen molar-refractivity contribution in [1.82, 2.24) is 5.32 Å². The standard InChI is InChI=1S/C21H21N3O4/c1-14-2-4-15(5-3-14)12-21(20(27)23-10-11-28-21)18(25)19(26)24-17-8-6-16(13-22)7-9-17/h2-9,18,25H,10-12H2,1H3,(H,23,27)(H,24,26)/t18-,21+/m0/s1. The predicted octanol–water partition coefficient (Wildman–Crippen LogP) is 1.29. The summed E-state index contributed by atoms with van der Waals surface area (Å²) in [5.74, 6) is -1.28. The molecular formula is C21H21N3O4. The van der Waals surface area contributed by atoms with Gasteiger partial charge in [0.15, 0.2) is 11.7 Å². The molecule has 1 heterocycles. The lowest BCUT2D eigenvalue weighted by Crippen LogP contribution is -2.65. The predicted molar refractivity (Wildman–Crippen MR) is 102 cm³/mol. The molecule has 3 rings (SSSR count). The van der Waals surface area contributed by atoms with Crippen LogP contribution in [-0.2, 0) is 20.7 Å². The van der Waals surface area contributed by atoms with Gasteiger partial charge in [0.2, 0.25) is 0 Å². The second-order valence-corrected chi connectivity index (χ2v) is 6.74. The molecule has 7 heteroatoms. The van der Waals surface area contributed by atoms with Crippen LogP contribution < -0.4 is 10.6 Å². The van der Waals surface area contributed by atoms with Crippen molar-refractivity contribution in [3.05, 3.63) is 65.2 Å². The molecule has 0 aromatic heterocycles. The van der Waals surface area contributed by atoms with Gasteiger partial charge in [0.1, 0.15) is 0 Å². The number of hydrogen-bond donors (Lipinski definition) is 3. The summed E-state index contributed by atoms with van der Waals surface area (Å²) in [6.45, 7) is 2.46. The molecule has 0 bridgehead atoms. The number of morpholine rings is 1. The van der Waals surface area contributed by atoms with Crippen molar-refractivity contribution < 1.29 is 19.4 Å². The lowest BCUT2D eigenvalue weighted by molar-refractivity contribution is -0.177. The Hall–Kier alpha value is -3.21. The number of ether oxygens (including phenoxy) is 1. The highest BCUT2D eigenvalue weighted by molar-refractivity contribution is 6.01. The maximum absolute atomic E-state index is 12.7. The van der Waals surface area contributed by atoms with Crippen LogP contribution >= 0.6 is 0 Å². The smallest absolute Gasteiger partial charge is 0.256 e. The third kappa shape index (κ3) is 4.03. The van der Waals surface area contributed by atoms with Crippen LogP contribution in [0.15, 0.2) is 48.5 Å². The van der Waals surface area contributed by atoms with Gasteiger partial charge in [0.25, 0.3) is 11.8 Å². The molecule has 1 saturated heterocycles. The summed E-state index contributed by atoms with van der Waals surface area (Å²) in [5.41, 5.74) is 0.970. The summed E-state index contributed by atoms with van der Waals surface area (Å²) >= 11 is 0. The second kappa shape index (κ2) is 8.21. The Labute approximate surface area is 162 Å². The second-order valence-electron chi connectivity index (χ2n) is 6.74. The Balaban J connectivity index is 1.84. The van der Waals surface area contributed by atoms with Gasteiger partial charge >= 0.3 is 0 Å². The molecule has 7 nitrogen and oxygen atoms in total. The van der Waals surface area contributed by atoms with E-state index in [0.29, 0.717) is 17.8 Å². The summed E-state index contributed by atoms with van der Waals surface area (Å²) in [6.07, 6.45) is -1.66. The topological polar surface area (TPSA) is 111 Å². The first kappa shape index (κ1) is 19.5. The van der Waals surface area contributed by atoms with Crippen molar-refractivity contribution >= 4 is 17.5 Å². The molecule has 0 unspecified atom stereocenters. The number of aliphatic hydroxyl groups excluding tert-OH is 1. The zero-order chi connectivity index (χ0) is 20.1. The number of hydrogen-bond acceptors (Lipinski definition) is 5. The van der Waals surface area contributed by atoms with Crippen LogP contribution in [0.2, 0.25) is 0 Å². The molecule has 1 fully saturated rings. The molecule has 0 spiro atoms. The van der Waals surface area contributed by atoms with E-state index < -0.39 is 23.5 Å². The highest BCUT2D eigenvalue weighted by atomic mass is 16.5. The largest absolute Gasteiger partial charge is 0.380 e. The minimum atomic E-state index is -1.72. The first-order chi connectivity index (χ1) is 13.4. The first-order valence-electron chi connectivity index (χ1n) is 8.91. The normalized spacial score (nSPS) is 20.0. The summed E-state index contributed by atoms with van der Waals surface area (Å²) in [5, 5.41) is 24.9. The fraction of sp³-hybridized carbons (Fsp3) is 0.286. The SMILES string of the molecule is Cc1ccc(C[C@]2([C@@H](O)C(=O)Nc3ccc(C#N)cc3)OCCNC2=O)cc1. The minimum absolute atomic E-state index is 0.0566. The summed E-state index contributed by atoms with van der Waals surface area (Å²) in [7, 11) is 0. The zero-order valence-corrected chi connectivity index (χ0v) is 15.4. The van der Waals surface area contributed by atoms with E-state index in [1.165, 1.54) is 0 Å². The molecule has 3 N–H and O–H groups in total. The van der Waals surface area contributed by atoms with Gasteiger partial charge in [-0.2, -0.15) is 5.26 Å². The molecule has 0 saturated carbocycles. The van der Waals surface area contributed by atoms with E-state index in [9.17, 15) is 14.7 Å². The number of nitrogens with one attached hydrogen (secondary N) is 2. The maximum atomic E-state index is 12.7. The van der Waals surface area contributed by atoms with Crippen molar-refractivity contribution in [2.24, 2.45) is 0 Å². The number of rotatable bonds is 5. The Morgan fingerprint density at radius 3 is 2.57 bits per heavy atom. The molecular weight excluding hydrogens is 358 g/mol. The van der Waals surface area contributed by atoms with E-state index in [4.69, 9.17) is 10.00 Å². The molecule has 1 aliphatic heterocycles. The van der Waals surface area contributed by atoms with Crippen molar-refractivity contribution in [2.75, 3.05) is 18.5 Å². The average molecular weight is 379 g/mol. The molecule has 2 aromatic rings. The van der Waals surface area contributed by atoms with Gasteiger partial charge in [0, 0.05) is 18.7 Å². The summed E-state index contributed by atoms with van der Waals surface area (Å²) < 4.78 is 5.70. The van der Waals surface area contributed by atoms with E-state index >= 15 is 0 Å². The van der Waals surface area contributed by atoms with Crippen LogP contribution in [0.25, 0.3) is 0 Å². The van der Waals surface area contributed by atoms with Gasteiger partial charge in [0.05, 0.1) is 18.2 Å². The molecule has 0 radical (unpaired) electrons. The first-order valence-corrected chi connectivity index (χ1v) is 8.91. The average Bonchev–Trinajstić information content (AvgIpc) is 2.71. The highest BCUT2D eigenvalue weighted by Gasteiger charge is 2.51. The van der Waals surface area contributed by atoms with Gasteiger partial charge in [-0.3, -0.25) is 9.59 Å². The van der Waals surface area contributed by atoms with Crippen molar-refractivity contribution in [2.45, 2.75) is 25.0 Å². The third-order valence-electron chi connectivity index (χ3n) is 4.69. The highest BCUT2D eigenvalue weighted by Crippen LogP contribution is 2.26. The fourth-order valence-corrected chi connectivity index (χ4v) is 3.10. The monoisotopic (exact) mass is 379 g/mol.